The molecule has 0 radical (unpaired) electrons. The molecule has 0 aliphatic rings. The molecule has 0 saturated heterocycles. The molecule has 244 valence electrons. The van der Waals surface area contributed by atoms with Crippen molar-refractivity contribution in [1.29, 1.82) is 0 Å². The molecule has 0 atom stereocenters. The Morgan fingerprint density at radius 1 is 0.957 bits per heavy atom. The summed E-state index contributed by atoms with van der Waals surface area (Å²) < 4.78 is 35.4. The third-order valence-electron chi connectivity index (χ3n) is 7.70. The van der Waals surface area contributed by atoms with Gasteiger partial charge in [0.15, 0.2) is 0 Å². The quantitative estimate of drug-likeness (QED) is 0.176. The molecular weight excluding hydrogens is 620 g/mol. The summed E-state index contributed by atoms with van der Waals surface area (Å²) in [7, 11) is 1.12. The van der Waals surface area contributed by atoms with Gasteiger partial charge in [0.1, 0.15) is 11.6 Å². The molecular formula is C33H36N8O5S. The van der Waals surface area contributed by atoms with Crippen LogP contribution in [-0.4, -0.2) is 54.1 Å². The lowest BCUT2D eigenvalue weighted by Crippen LogP contribution is -2.32. The van der Waals surface area contributed by atoms with Crippen LogP contribution in [-0.2, 0) is 33.2 Å². The van der Waals surface area contributed by atoms with Crippen LogP contribution in [0.3, 0.4) is 0 Å². The zero-order valence-electron chi connectivity index (χ0n) is 26.7. The van der Waals surface area contributed by atoms with Gasteiger partial charge in [-0.05, 0) is 73.5 Å². The summed E-state index contributed by atoms with van der Waals surface area (Å²) >= 11 is 0. The van der Waals surface area contributed by atoms with Gasteiger partial charge in [0.25, 0.3) is 10.0 Å². The Morgan fingerprint density at radius 2 is 1.70 bits per heavy atom. The van der Waals surface area contributed by atoms with E-state index in [1.165, 1.54) is 6.07 Å². The number of benzene rings is 3. The number of methoxy groups -OCH3 is 1. The normalized spacial score (nSPS) is 11.3. The topological polar surface area (TPSA) is 160 Å². The van der Waals surface area contributed by atoms with Crippen LogP contribution in [0.5, 0.6) is 5.75 Å². The lowest BCUT2D eigenvalue weighted by molar-refractivity contribution is -0.125. The van der Waals surface area contributed by atoms with Crippen LogP contribution in [0.25, 0.3) is 10.9 Å². The van der Waals surface area contributed by atoms with Crippen molar-refractivity contribution < 1.29 is 22.7 Å². The van der Waals surface area contributed by atoms with Gasteiger partial charge in [0, 0.05) is 62.1 Å². The van der Waals surface area contributed by atoms with Crippen molar-refractivity contribution >= 4 is 55.9 Å². The van der Waals surface area contributed by atoms with Crippen LogP contribution in [0.15, 0.2) is 77.8 Å². The number of nitrogens with zero attached hydrogens (tertiary/aromatic N) is 5. The smallest absolute Gasteiger partial charge is 0.264 e. The molecule has 3 aromatic carbocycles. The minimum atomic E-state index is -4.23. The maximum absolute atomic E-state index is 13.2. The van der Waals surface area contributed by atoms with Crippen LogP contribution in [0.1, 0.15) is 29.7 Å². The molecule has 47 heavy (non-hydrogen) atoms. The highest BCUT2D eigenvalue weighted by Gasteiger charge is 2.21. The number of ether oxygens (including phenoxy) is 1. The molecule has 0 bridgehead atoms. The molecule has 2 amide bonds. The molecule has 0 aliphatic heterocycles. The molecule has 13 nitrogen and oxygen atoms in total. The molecule has 0 unspecified atom stereocenters. The van der Waals surface area contributed by atoms with Crippen LogP contribution in [0.4, 0.5) is 23.1 Å². The number of hydrogen-bond acceptors (Lipinski definition) is 10. The van der Waals surface area contributed by atoms with Crippen molar-refractivity contribution in [1.82, 2.24) is 29.8 Å². The van der Waals surface area contributed by atoms with E-state index in [9.17, 15) is 18.0 Å². The Morgan fingerprint density at radius 3 is 2.45 bits per heavy atom. The molecule has 0 saturated carbocycles. The fourth-order valence-electron chi connectivity index (χ4n) is 4.87. The minimum absolute atomic E-state index is 0.0907. The first kappa shape index (κ1) is 32.9. The fourth-order valence-corrected chi connectivity index (χ4v) is 6.15. The van der Waals surface area contributed by atoms with E-state index in [-0.39, 0.29) is 36.1 Å². The highest BCUT2D eigenvalue weighted by Crippen LogP contribution is 2.28. The van der Waals surface area contributed by atoms with Gasteiger partial charge in [0.2, 0.25) is 17.8 Å². The standard InChI is InChI=1S/C33H36N8O5S/c1-21-6-9-24(36-33-34-17-16-30(37-33)40(3)25-10-13-27-22(2)41(4)38-28(27)19-25)18-29(21)47(44,45)39-32(43)15-14-31(42)35-20-23-7-11-26(46-5)12-8-23/h6-13,16-19H,14-15,20H2,1-5H3,(H,35,42)(H,39,43)(H,34,36,37). The number of aryl methyl sites for hydroxylation is 3. The molecule has 5 rings (SSSR count). The molecule has 2 heterocycles. The van der Waals surface area contributed by atoms with Gasteiger partial charge in [-0.2, -0.15) is 10.1 Å². The van der Waals surface area contributed by atoms with E-state index < -0.39 is 15.9 Å². The summed E-state index contributed by atoms with van der Waals surface area (Å²) in [5, 5.41) is 11.4. The first-order valence-corrected chi connectivity index (χ1v) is 16.2. The second kappa shape index (κ2) is 13.9. The zero-order valence-corrected chi connectivity index (χ0v) is 27.6. The number of sulfonamides is 1. The number of amides is 2. The van der Waals surface area contributed by atoms with Crippen molar-refractivity contribution in [3.8, 4) is 5.75 Å². The van der Waals surface area contributed by atoms with Gasteiger partial charge in [-0.3, -0.25) is 14.3 Å². The zero-order chi connectivity index (χ0) is 33.7. The highest BCUT2D eigenvalue weighted by molar-refractivity contribution is 7.90. The van der Waals surface area contributed by atoms with Crippen molar-refractivity contribution in [3.05, 3.63) is 89.7 Å². The SMILES string of the molecule is COc1ccc(CNC(=O)CCC(=O)NS(=O)(=O)c2cc(Nc3nccc(N(C)c4ccc5c(C)n(C)nc5c4)n3)ccc2C)cc1. The monoisotopic (exact) mass is 656 g/mol. The van der Waals surface area contributed by atoms with Crippen LogP contribution >= 0.6 is 0 Å². The molecule has 14 heteroatoms. The Bertz CT molecular complexity index is 2040. The van der Waals surface area contributed by atoms with E-state index in [2.05, 4.69) is 30.4 Å². The summed E-state index contributed by atoms with van der Waals surface area (Å²) in [5.74, 6) is 0.387. The van der Waals surface area contributed by atoms with Gasteiger partial charge in [-0.15, -0.1) is 0 Å². The molecule has 0 fully saturated rings. The van der Waals surface area contributed by atoms with E-state index in [1.54, 1.807) is 50.6 Å². The van der Waals surface area contributed by atoms with Crippen LogP contribution in [0, 0.1) is 13.8 Å². The van der Waals surface area contributed by atoms with Crippen molar-refractivity contribution in [2.24, 2.45) is 7.05 Å². The van der Waals surface area contributed by atoms with Gasteiger partial charge in [0.05, 0.1) is 17.5 Å². The third kappa shape index (κ3) is 7.84. The lowest BCUT2D eigenvalue weighted by Gasteiger charge is -2.19. The summed E-state index contributed by atoms with van der Waals surface area (Å²) in [6.45, 7) is 3.91. The van der Waals surface area contributed by atoms with E-state index in [1.807, 2.05) is 60.9 Å². The van der Waals surface area contributed by atoms with E-state index in [0.29, 0.717) is 22.8 Å². The number of rotatable bonds is 12. The maximum Gasteiger partial charge on any atom is 0.264 e. The fraction of sp³-hybridized carbons (Fsp3) is 0.242. The Labute approximate surface area is 273 Å². The maximum atomic E-state index is 13.2. The number of fused-ring (bicyclic) bond motifs is 1. The molecule has 2 aromatic heterocycles. The van der Waals surface area contributed by atoms with Crippen LogP contribution < -0.4 is 25.0 Å². The average molecular weight is 657 g/mol. The Hall–Kier alpha value is -5.50. The van der Waals surface area contributed by atoms with Gasteiger partial charge in [-0.1, -0.05) is 18.2 Å². The number of carbonyl (C=O) groups excluding carboxylic acids is 2. The first-order valence-electron chi connectivity index (χ1n) is 14.8. The lowest BCUT2D eigenvalue weighted by atomic mass is 10.2. The summed E-state index contributed by atoms with van der Waals surface area (Å²) in [6, 6.07) is 19.7. The van der Waals surface area contributed by atoms with E-state index in [0.717, 1.165) is 27.8 Å². The molecule has 0 spiro atoms. The van der Waals surface area contributed by atoms with Gasteiger partial charge < -0.3 is 20.3 Å². The second-order valence-electron chi connectivity index (χ2n) is 11.0. The molecule has 0 aliphatic carbocycles. The Balaban J connectivity index is 1.20. The molecule has 5 aromatic rings. The Kier molecular flexibility index (Phi) is 9.70. The summed E-state index contributed by atoms with van der Waals surface area (Å²) in [5.41, 5.74) is 4.53. The second-order valence-corrected chi connectivity index (χ2v) is 12.6. The number of hydrogen-bond donors (Lipinski definition) is 3. The number of aromatic nitrogens is 4. The number of nitrogens with one attached hydrogen (secondary N) is 3. The largest absolute Gasteiger partial charge is 0.497 e. The van der Waals surface area contributed by atoms with Crippen molar-refractivity contribution in [3.63, 3.8) is 0 Å². The summed E-state index contributed by atoms with van der Waals surface area (Å²) in [4.78, 5) is 35.5. The van der Waals surface area contributed by atoms with E-state index >= 15 is 0 Å². The van der Waals surface area contributed by atoms with Crippen molar-refractivity contribution in [2.75, 3.05) is 24.4 Å². The van der Waals surface area contributed by atoms with E-state index in [4.69, 9.17) is 4.74 Å². The number of carbonyl (C=O) groups is 2. The third-order valence-corrected chi connectivity index (χ3v) is 9.21. The first-order chi connectivity index (χ1) is 22.4. The van der Waals surface area contributed by atoms with Gasteiger partial charge in [-0.25, -0.2) is 18.1 Å². The highest BCUT2D eigenvalue weighted by atomic mass is 32.2. The predicted octanol–water partition coefficient (Wildman–Crippen LogP) is 4.40. The predicted molar refractivity (Wildman–Crippen MR) is 179 cm³/mol. The van der Waals surface area contributed by atoms with Crippen LogP contribution in [0.2, 0.25) is 0 Å². The van der Waals surface area contributed by atoms with Crippen molar-refractivity contribution in [2.45, 2.75) is 38.1 Å². The summed E-state index contributed by atoms with van der Waals surface area (Å²) in [6.07, 6.45) is 1.13. The van der Waals surface area contributed by atoms with Gasteiger partial charge >= 0.3 is 0 Å². The minimum Gasteiger partial charge on any atom is -0.497 e. The average Bonchev–Trinajstić information content (AvgIpc) is 3.35. The molecule has 3 N–H and O–H groups in total. The number of anilines is 4.